The third kappa shape index (κ3) is 7.08. The molecule has 4 rings (SSSR count). The molecule has 2 heterocycles. The van der Waals surface area contributed by atoms with Crippen LogP contribution in [0.1, 0.15) is 92.3 Å². The minimum atomic E-state index is -0.270. The highest BCUT2D eigenvalue weighted by atomic mass is 16.5. The Balaban J connectivity index is 1.67. The molecule has 2 aromatic carbocycles. The Morgan fingerprint density at radius 3 is 2.44 bits per heavy atom. The van der Waals surface area contributed by atoms with Gasteiger partial charge in [-0.15, -0.1) is 0 Å². The fraction of sp³-hybridized carbons (Fsp3) is 0.343. The van der Waals surface area contributed by atoms with Crippen molar-refractivity contribution < 1.29 is 19.1 Å². The van der Waals surface area contributed by atoms with Gasteiger partial charge in [0.25, 0.3) is 5.91 Å². The van der Waals surface area contributed by atoms with Crippen molar-refractivity contribution in [2.45, 2.75) is 65.7 Å². The maximum atomic E-state index is 13.6. The summed E-state index contributed by atoms with van der Waals surface area (Å²) in [6, 6.07) is 10.7. The lowest BCUT2D eigenvalue weighted by Gasteiger charge is -2.25. The van der Waals surface area contributed by atoms with Crippen molar-refractivity contribution in [2.75, 3.05) is 14.2 Å². The summed E-state index contributed by atoms with van der Waals surface area (Å²) in [6.45, 7) is 10.5. The first-order chi connectivity index (χ1) is 20.6. The van der Waals surface area contributed by atoms with Gasteiger partial charge < -0.3 is 25.1 Å². The highest BCUT2D eigenvalue weighted by Gasteiger charge is 2.25. The third-order valence-corrected chi connectivity index (χ3v) is 7.36. The van der Waals surface area contributed by atoms with E-state index < -0.39 is 0 Å². The van der Waals surface area contributed by atoms with Crippen LogP contribution in [0.3, 0.4) is 0 Å². The van der Waals surface area contributed by atoms with Gasteiger partial charge in [0.1, 0.15) is 17.2 Å². The minimum absolute atomic E-state index is 0.136. The number of unbranched alkanes of at least 4 members (excludes halogenated alkanes) is 2. The first-order valence-electron chi connectivity index (χ1n) is 14.8. The van der Waals surface area contributed by atoms with Crippen LogP contribution in [0.5, 0.6) is 11.5 Å². The first-order valence-corrected chi connectivity index (χ1v) is 14.8. The number of nitrogens with one attached hydrogen (secondary N) is 3. The van der Waals surface area contributed by atoms with Crippen LogP contribution in [-0.2, 0) is 16.6 Å². The zero-order chi connectivity index (χ0) is 31.1. The third-order valence-electron chi connectivity index (χ3n) is 7.36. The number of nitrogens with zero attached hydrogens (tertiary/aromatic N) is 1. The molecule has 1 aliphatic heterocycles. The van der Waals surface area contributed by atoms with Crippen LogP contribution in [0.15, 0.2) is 65.9 Å². The van der Waals surface area contributed by atoms with Crippen LogP contribution in [-0.4, -0.2) is 35.9 Å². The van der Waals surface area contributed by atoms with Crippen molar-refractivity contribution in [1.82, 2.24) is 20.6 Å². The van der Waals surface area contributed by atoms with Gasteiger partial charge in [0.15, 0.2) is 5.78 Å². The molecule has 0 bridgehead atoms. The maximum absolute atomic E-state index is 13.6. The predicted molar refractivity (Wildman–Crippen MR) is 171 cm³/mol. The van der Waals surface area contributed by atoms with Gasteiger partial charge in [0.05, 0.1) is 43.2 Å². The molecule has 1 saturated heterocycles. The second-order valence-electron chi connectivity index (χ2n) is 11.5. The van der Waals surface area contributed by atoms with Gasteiger partial charge in [-0.2, -0.15) is 0 Å². The minimum Gasteiger partial charge on any atom is -0.496 e. The largest absolute Gasteiger partial charge is 0.496 e. The number of piperazine rings is 1. The molecule has 0 atom stereocenters. The average Bonchev–Trinajstić information content (AvgIpc) is 3.47. The van der Waals surface area contributed by atoms with Crippen LogP contribution in [0, 0.1) is 0 Å². The number of rotatable bonds is 10. The summed E-state index contributed by atoms with van der Waals surface area (Å²) in [5.41, 5.74) is 6.01. The van der Waals surface area contributed by atoms with E-state index in [1.807, 2.05) is 25.1 Å². The zero-order valence-electron chi connectivity index (χ0n) is 26.2. The highest BCUT2D eigenvalue weighted by Crippen LogP contribution is 2.34. The summed E-state index contributed by atoms with van der Waals surface area (Å²) < 4.78 is 11.1. The average molecular weight is 583 g/mol. The lowest BCUT2D eigenvalue weighted by molar-refractivity contribution is -0.117. The van der Waals surface area contributed by atoms with Crippen molar-refractivity contribution in [3.63, 3.8) is 0 Å². The van der Waals surface area contributed by atoms with Gasteiger partial charge in [-0.3, -0.25) is 9.59 Å². The van der Waals surface area contributed by atoms with Gasteiger partial charge in [0, 0.05) is 22.2 Å². The van der Waals surface area contributed by atoms with Gasteiger partial charge in [0.2, 0.25) is 0 Å². The standard InChI is InChI=1S/C35H42N4O4/c1-8-10-11-15-26-27(20-28-33(35(3,4)5)37-21-36-28)39-34(41)29(38-26)19-22-13-12-14-23(18-22)31(40)25-16-17-30(42-6)24(9-2)32(25)43-7/h12-21,38H,8-11H2,1-7H3,(H,36,37)(H,39,41)/b26-15+,27-20-,29-19-. The Bertz CT molecular complexity index is 1590. The van der Waals surface area contributed by atoms with E-state index in [1.165, 1.54) is 0 Å². The zero-order valence-corrected chi connectivity index (χ0v) is 26.2. The SMILES string of the molecule is CCCC/C=C1/N/C(=C\c2cccc(C(=O)c3ccc(OC)c(CC)c3OC)c2)C(=O)N/C1=C\c1nc[nH]c1C(C)(C)C. The Morgan fingerprint density at radius 2 is 1.77 bits per heavy atom. The molecular formula is C35H42N4O4. The fourth-order valence-electron chi connectivity index (χ4n) is 5.14. The van der Waals surface area contributed by atoms with E-state index in [0.717, 1.165) is 41.9 Å². The van der Waals surface area contributed by atoms with Crippen LogP contribution in [0.25, 0.3) is 12.2 Å². The van der Waals surface area contributed by atoms with Crippen LogP contribution in [0.2, 0.25) is 0 Å². The van der Waals surface area contributed by atoms with E-state index in [2.05, 4.69) is 54.4 Å². The molecule has 0 saturated carbocycles. The molecule has 8 heteroatoms. The van der Waals surface area contributed by atoms with Gasteiger partial charge >= 0.3 is 0 Å². The number of imidazole rings is 1. The van der Waals surface area contributed by atoms with Crippen LogP contribution in [0.4, 0.5) is 0 Å². The summed E-state index contributed by atoms with van der Waals surface area (Å²) >= 11 is 0. The smallest absolute Gasteiger partial charge is 0.272 e. The molecule has 43 heavy (non-hydrogen) atoms. The Morgan fingerprint density at radius 1 is 0.977 bits per heavy atom. The number of allylic oxidation sites excluding steroid dienone is 1. The topological polar surface area (TPSA) is 105 Å². The molecule has 3 N–H and O–H groups in total. The number of ether oxygens (including phenoxy) is 2. The predicted octanol–water partition coefficient (Wildman–Crippen LogP) is 6.69. The van der Waals surface area contributed by atoms with Crippen LogP contribution >= 0.6 is 0 Å². The van der Waals surface area contributed by atoms with Gasteiger partial charge in [-0.05, 0) is 55.2 Å². The van der Waals surface area contributed by atoms with E-state index in [0.29, 0.717) is 46.0 Å². The number of methoxy groups -OCH3 is 2. The second-order valence-corrected chi connectivity index (χ2v) is 11.5. The van der Waals surface area contributed by atoms with E-state index in [4.69, 9.17) is 9.47 Å². The molecule has 1 aliphatic rings. The molecule has 1 aromatic heterocycles. The highest BCUT2D eigenvalue weighted by molar-refractivity contribution is 6.11. The summed E-state index contributed by atoms with van der Waals surface area (Å²) in [4.78, 5) is 34.7. The number of carbonyl (C=O) groups is 2. The monoisotopic (exact) mass is 582 g/mol. The number of carbonyl (C=O) groups excluding carboxylic acids is 2. The van der Waals surface area contributed by atoms with Crippen molar-refractivity contribution in [3.05, 3.63) is 99.5 Å². The number of aromatic nitrogens is 2. The van der Waals surface area contributed by atoms with Crippen LogP contribution < -0.4 is 20.1 Å². The van der Waals surface area contributed by atoms with Gasteiger partial charge in [-0.25, -0.2) is 4.98 Å². The number of amides is 1. The van der Waals surface area contributed by atoms with E-state index >= 15 is 0 Å². The maximum Gasteiger partial charge on any atom is 0.272 e. The van der Waals surface area contributed by atoms with E-state index in [1.54, 1.807) is 50.9 Å². The van der Waals surface area contributed by atoms with Crippen molar-refractivity contribution in [2.24, 2.45) is 0 Å². The summed E-state index contributed by atoms with van der Waals surface area (Å²) in [7, 11) is 3.16. The number of benzene rings is 2. The Labute approximate surface area is 254 Å². The number of aromatic amines is 1. The first kappa shape index (κ1) is 31.3. The molecule has 3 aromatic rings. The number of ketones is 1. The molecule has 1 amide bonds. The molecule has 0 aliphatic carbocycles. The lowest BCUT2D eigenvalue weighted by Crippen LogP contribution is -2.39. The second kappa shape index (κ2) is 13.6. The van der Waals surface area contributed by atoms with Crippen molar-refractivity contribution in [1.29, 1.82) is 0 Å². The number of H-pyrrole nitrogens is 1. The molecule has 0 unspecified atom stereocenters. The van der Waals surface area contributed by atoms with Crippen molar-refractivity contribution >= 4 is 23.8 Å². The van der Waals surface area contributed by atoms with Crippen molar-refractivity contribution in [3.8, 4) is 11.5 Å². The summed E-state index contributed by atoms with van der Waals surface area (Å²) in [5, 5.41) is 6.40. The quantitative estimate of drug-likeness (QED) is 0.140. The molecular weight excluding hydrogens is 540 g/mol. The molecule has 0 spiro atoms. The molecule has 226 valence electrons. The van der Waals surface area contributed by atoms with E-state index in [-0.39, 0.29) is 17.1 Å². The van der Waals surface area contributed by atoms with E-state index in [9.17, 15) is 9.59 Å². The molecule has 1 fully saturated rings. The fourth-order valence-corrected chi connectivity index (χ4v) is 5.14. The lowest BCUT2D eigenvalue weighted by atomic mass is 9.90. The van der Waals surface area contributed by atoms with Gasteiger partial charge in [-0.1, -0.05) is 65.3 Å². The molecule has 8 nitrogen and oxygen atoms in total. The summed E-state index contributed by atoms with van der Waals surface area (Å²) in [5.74, 6) is 0.751. The Hall–Kier alpha value is -4.59. The number of hydrogen-bond acceptors (Lipinski definition) is 6. The summed E-state index contributed by atoms with van der Waals surface area (Å²) in [6.07, 6.45) is 11.0. The molecule has 0 radical (unpaired) electrons. The normalized spacial score (nSPS) is 16.3. The Kier molecular flexibility index (Phi) is 9.91. The number of hydrogen-bond donors (Lipinski definition) is 3.